The predicted molar refractivity (Wildman–Crippen MR) is 81.1 cm³/mol. The molecule has 22 heavy (non-hydrogen) atoms. The van der Waals surface area contributed by atoms with E-state index in [4.69, 9.17) is 16.3 Å². The lowest BCUT2D eigenvalue weighted by atomic mass is 10.3. The van der Waals surface area contributed by atoms with Gasteiger partial charge in [0.2, 0.25) is 0 Å². The van der Waals surface area contributed by atoms with E-state index in [0.717, 1.165) is 0 Å². The van der Waals surface area contributed by atoms with Gasteiger partial charge in [-0.05, 0) is 25.1 Å². The smallest absolute Gasteiger partial charge is 0.310 e. The zero-order chi connectivity index (χ0) is 16.1. The molecule has 0 aliphatic carbocycles. The highest BCUT2D eigenvalue weighted by Gasteiger charge is 2.20. The molecule has 0 aliphatic rings. The summed E-state index contributed by atoms with van der Waals surface area (Å²) in [5.41, 5.74) is -0.202. The van der Waals surface area contributed by atoms with Crippen molar-refractivity contribution < 1.29 is 14.5 Å². The van der Waals surface area contributed by atoms with Crippen LogP contribution in [0.4, 0.5) is 11.5 Å². The van der Waals surface area contributed by atoms with Gasteiger partial charge in [-0.15, -0.1) is 0 Å². The summed E-state index contributed by atoms with van der Waals surface area (Å²) in [7, 11) is 0. The third-order valence-corrected chi connectivity index (χ3v) is 2.94. The maximum atomic E-state index is 12.0. The maximum absolute atomic E-state index is 12.0. The fourth-order valence-electron chi connectivity index (χ4n) is 1.63. The summed E-state index contributed by atoms with van der Waals surface area (Å²) in [5, 5.41) is 13.9. The molecule has 114 valence electrons. The first-order valence-corrected chi connectivity index (χ1v) is 6.67. The number of anilines is 1. The van der Waals surface area contributed by atoms with Crippen LogP contribution in [0.15, 0.2) is 42.6 Å². The van der Waals surface area contributed by atoms with E-state index in [1.165, 1.54) is 37.4 Å². The number of nitro groups is 1. The summed E-state index contributed by atoms with van der Waals surface area (Å²) >= 11 is 5.70. The van der Waals surface area contributed by atoms with Gasteiger partial charge in [0.05, 0.1) is 9.95 Å². The Morgan fingerprint density at radius 1 is 1.36 bits per heavy atom. The van der Waals surface area contributed by atoms with E-state index in [0.29, 0.717) is 10.8 Å². The van der Waals surface area contributed by atoms with E-state index >= 15 is 0 Å². The van der Waals surface area contributed by atoms with E-state index < -0.39 is 16.9 Å². The number of benzene rings is 1. The van der Waals surface area contributed by atoms with Crippen molar-refractivity contribution in [2.75, 3.05) is 5.32 Å². The Morgan fingerprint density at radius 2 is 2.09 bits per heavy atom. The molecule has 0 aliphatic heterocycles. The Kier molecular flexibility index (Phi) is 4.90. The molecule has 1 heterocycles. The van der Waals surface area contributed by atoms with Crippen LogP contribution in [0, 0.1) is 10.1 Å². The van der Waals surface area contributed by atoms with Crippen molar-refractivity contribution in [3.8, 4) is 5.75 Å². The average molecular weight is 322 g/mol. The van der Waals surface area contributed by atoms with E-state index in [1.54, 1.807) is 12.1 Å². The molecule has 0 fully saturated rings. The van der Waals surface area contributed by atoms with Crippen LogP contribution in [0.5, 0.6) is 5.75 Å². The highest BCUT2D eigenvalue weighted by molar-refractivity contribution is 6.30. The lowest BCUT2D eigenvalue weighted by Crippen LogP contribution is -2.30. The number of para-hydroxylation sites is 2. The lowest BCUT2D eigenvalue weighted by molar-refractivity contribution is -0.386. The monoisotopic (exact) mass is 321 g/mol. The molecule has 2 rings (SSSR count). The van der Waals surface area contributed by atoms with Gasteiger partial charge in [-0.3, -0.25) is 14.9 Å². The number of nitro benzene ring substituents is 1. The van der Waals surface area contributed by atoms with Crippen molar-refractivity contribution in [3.63, 3.8) is 0 Å². The summed E-state index contributed by atoms with van der Waals surface area (Å²) in [4.78, 5) is 26.3. The van der Waals surface area contributed by atoms with Crippen LogP contribution < -0.4 is 10.1 Å². The summed E-state index contributed by atoms with van der Waals surface area (Å²) in [6.07, 6.45) is 0.462. The number of carbonyl (C=O) groups is 1. The summed E-state index contributed by atoms with van der Waals surface area (Å²) in [5.74, 6) is -0.139. The molecule has 0 saturated heterocycles. The average Bonchev–Trinajstić information content (AvgIpc) is 2.49. The fraction of sp³-hybridized carbons (Fsp3) is 0.143. The number of amides is 1. The quantitative estimate of drug-likeness (QED) is 0.674. The minimum absolute atomic E-state index is 0.0271. The van der Waals surface area contributed by atoms with Crippen molar-refractivity contribution in [1.29, 1.82) is 0 Å². The molecule has 1 N–H and O–H groups in total. The van der Waals surface area contributed by atoms with Crippen molar-refractivity contribution >= 4 is 29.0 Å². The van der Waals surface area contributed by atoms with Crippen molar-refractivity contribution in [2.24, 2.45) is 0 Å². The standard InChI is InChI=1S/C14H12ClN3O4/c1-9(14(19)17-13-7-6-10(15)8-16-13)22-12-5-3-2-4-11(12)18(20)21/h2-9H,1H3,(H,16,17,19)/t9-/m0/s1. The topological polar surface area (TPSA) is 94.4 Å². The summed E-state index contributed by atoms with van der Waals surface area (Å²) in [6, 6.07) is 8.97. The SMILES string of the molecule is C[C@H](Oc1ccccc1[N+](=O)[O-])C(=O)Nc1ccc(Cl)cn1. The van der Waals surface area contributed by atoms with Crippen LogP contribution in [0.3, 0.4) is 0 Å². The van der Waals surface area contributed by atoms with Crippen LogP contribution in [0.2, 0.25) is 5.02 Å². The number of nitrogens with one attached hydrogen (secondary N) is 1. The maximum Gasteiger partial charge on any atom is 0.310 e. The first kappa shape index (κ1) is 15.7. The highest BCUT2D eigenvalue weighted by Crippen LogP contribution is 2.26. The van der Waals surface area contributed by atoms with Crippen LogP contribution in [0.25, 0.3) is 0 Å². The first-order valence-electron chi connectivity index (χ1n) is 6.30. The minimum atomic E-state index is -0.932. The predicted octanol–water partition coefficient (Wildman–Crippen LogP) is 3.05. The van der Waals surface area contributed by atoms with Gasteiger partial charge >= 0.3 is 5.69 Å². The molecule has 1 aromatic carbocycles. The number of aromatic nitrogens is 1. The van der Waals surface area contributed by atoms with Crippen LogP contribution in [-0.2, 0) is 4.79 Å². The largest absolute Gasteiger partial charge is 0.474 e. The number of hydrogen-bond acceptors (Lipinski definition) is 5. The number of hydrogen-bond donors (Lipinski definition) is 1. The number of ether oxygens (including phenoxy) is 1. The second-order valence-corrected chi connectivity index (χ2v) is 4.77. The normalized spacial score (nSPS) is 11.5. The molecule has 0 spiro atoms. The number of carbonyl (C=O) groups excluding carboxylic acids is 1. The zero-order valence-electron chi connectivity index (χ0n) is 11.5. The number of rotatable bonds is 5. The van der Waals surface area contributed by atoms with Gasteiger partial charge in [-0.2, -0.15) is 0 Å². The molecule has 1 aromatic heterocycles. The van der Waals surface area contributed by atoms with Gasteiger partial charge in [0.25, 0.3) is 5.91 Å². The molecule has 0 unspecified atom stereocenters. The van der Waals surface area contributed by atoms with E-state index in [2.05, 4.69) is 10.3 Å². The number of pyridine rings is 1. The summed E-state index contributed by atoms with van der Waals surface area (Å²) in [6.45, 7) is 1.49. The van der Waals surface area contributed by atoms with E-state index in [-0.39, 0.29) is 11.4 Å². The third-order valence-electron chi connectivity index (χ3n) is 2.71. The van der Waals surface area contributed by atoms with Gasteiger partial charge in [-0.1, -0.05) is 23.7 Å². The Morgan fingerprint density at radius 3 is 2.73 bits per heavy atom. The van der Waals surface area contributed by atoms with Crippen molar-refractivity contribution in [2.45, 2.75) is 13.0 Å². The molecular weight excluding hydrogens is 310 g/mol. The Labute approximate surface area is 131 Å². The molecule has 0 saturated carbocycles. The zero-order valence-corrected chi connectivity index (χ0v) is 12.3. The van der Waals surface area contributed by atoms with E-state index in [1.807, 2.05) is 0 Å². The van der Waals surface area contributed by atoms with Gasteiger partial charge < -0.3 is 10.1 Å². The van der Waals surface area contributed by atoms with Crippen molar-refractivity contribution in [3.05, 3.63) is 57.7 Å². The van der Waals surface area contributed by atoms with Gasteiger partial charge in [0.1, 0.15) is 5.82 Å². The van der Waals surface area contributed by atoms with E-state index in [9.17, 15) is 14.9 Å². The fourth-order valence-corrected chi connectivity index (χ4v) is 1.74. The second kappa shape index (κ2) is 6.86. The Balaban J connectivity index is 2.05. The first-order chi connectivity index (χ1) is 10.5. The van der Waals surface area contributed by atoms with Gasteiger partial charge in [0.15, 0.2) is 11.9 Å². The lowest BCUT2D eigenvalue weighted by Gasteiger charge is -2.14. The highest BCUT2D eigenvalue weighted by atomic mass is 35.5. The molecule has 1 amide bonds. The van der Waals surface area contributed by atoms with Gasteiger partial charge in [-0.25, -0.2) is 4.98 Å². The number of nitrogens with zero attached hydrogens (tertiary/aromatic N) is 2. The third kappa shape index (κ3) is 3.92. The molecule has 2 aromatic rings. The molecular formula is C14H12ClN3O4. The molecule has 0 radical (unpaired) electrons. The van der Waals surface area contributed by atoms with Crippen molar-refractivity contribution in [1.82, 2.24) is 4.98 Å². The van der Waals surface area contributed by atoms with Crippen LogP contribution in [-0.4, -0.2) is 21.9 Å². The molecule has 1 atom stereocenters. The van der Waals surface area contributed by atoms with Crippen LogP contribution in [0.1, 0.15) is 6.92 Å². The Hall–Kier alpha value is -2.67. The minimum Gasteiger partial charge on any atom is -0.474 e. The molecule has 7 nitrogen and oxygen atoms in total. The number of halogens is 1. The second-order valence-electron chi connectivity index (χ2n) is 4.34. The summed E-state index contributed by atoms with van der Waals surface area (Å²) < 4.78 is 5.36. The molecule has 8 heteroatoms. The Bertz CT molecular complexity index is 691. The van der Waals surface area contributed by atoms with Gasteiger partial charge in [0, 0.05) is 12.3 Å². The molecule has 0 bridgehead atoms. The van der Waals surface area contributed by atoms with Crippen LogP contribution >= 0.6 is 11.6 Å².